The van der Waals surface area contributed by atoms with Gasteiger partial charge in [0, 0.05) is 0 Å². The zero-order valence-electron chi connectivity index (χ0n) is 10.5. The van der Waals surface area contributed by atoms with Gasteiger partial charge in [-0.15, -0.1) is 0 Å². The quantitative estimate of drug-likeness (QED) is 0.679. The standard InChI is InChI=1S/C12H14F3NO3/c1-3-18-11(17)8-5-4-6-9(16)10(8)19-7(2)12(13,14)15/h4-7H,3,16H2,1-2H3. The summed E-state index contributed by atoms with van der Waals surface area (Å²) in [6.07, 6.45) is -6.63. The lowest BCUT2D eigenvalue weighted by Gasteiger charge is -2.20. The average Bonchev–Trinajstić information content (AvgIpc) is 2.30. The number of rotatable bonds is 4. The number of esters is 1. The summed E-state index contributed by atoms with van der Waals surface area (Å²) in [5, 5.41) is 0. The summed E-state index contributed by atoms with van der Waals surface area (Å²) < 4.78 is 46.9. The van der Waals surface area contributed by atoms with E-state index >= 15 is 0 Å². The van der Waals surface area contributed by atoms with E-state index in [0.717, 1.165) is 6.92 Å². The van der Waals surface area contributed by atoms with Crippen LogP contribution in [-0.2, 0) is 4.74 Å². The number of benzene rings is 1. The fourth-order valence-corrected chi connectivity index (χ4v) is 1.30. The van der Waals surface area contributed by atoms with E-state index in [1.807, 2.05) is 0 Å². The Morgan fingerprint density at radius 3 is 2.58 bits per heavy atom. The third-order valence-corrected chi connectivity index (χ3v) is 2.30. The molecule has 1 aromatic rings. The molecule has 0 spiro atoms. The number of ether oxygens (including phenoxy) is 2. The number of para-hydroxylation sites is 1. The van der Waals surface area contributed by atoms with E-state index in [1.54, 1.807) is 6.92 Å². The Labute approximate surface area is 108 Å². The van der Waals surface area contributed by atoms with E-state index in [1.165, 1.54) is 18.2 Å². The zero-order chi connectivity index (χ0) is 14.6. The van der Waals surface area contributed by atoms with Gasteiger partial charge < -0.3 is 15.2 Å². The van der Waals surface area contributed by atoms with Crippen molar-refractivity contribution in [2.75, 3.05) is 12.3 Å². The SMILES string of the molecule is CCOC(=O)c1cccc(N)c1OC(C)C(F)(F)F. The maximum atomic E-state index is 12.5. The first-order valence-corrected chi connectivity index (χ1v) is 5.56. The lowest BCUT2D eigenvalue weighted by Crippen LogP contribution is -2.32. The third-order valence-electron chi connectivity index (χ3n) is 2.30. The minimum atomic E-state index is -4.55. The van der Waals surface area contributed by atoms with Gasteiger partial charge in [0.05, 0.1) is 12.3 Å². The summed E-state index contributed by atoms with van der Waals surface area (Å²) in [6.45, 7) is 2.52. The average molecular weight is 277 g/mol. The summed E-state index contributed by atoms with van der Waals surface area (Å²) in [4.78, 5) is 11.6. The molecule has 1 rings (SSSR count). The van der Waals surface area contributed by atoms with Gasteiger partial charge in [-0.1, -0.05) is 6.07 Å². The van der Waals surface area contributed by atoms with Crippen molar-refractivity contribution in [2.45, 2.75) is 26.1 Å². The number of alkyl halides is 3. The predicted molar refractivity (Wildman–Crippen MR) is 63.0 cm³/mol. The van der Waals surface area contributed by atoms with E-state index in [0.29, 0.717) is 0 Å². The third kappa shape index (κ3) is 3.77. The van der Waals surface area contributed by atoms with Crippen LogP contribution in [0.15, 0.2) is 18.2 Å². The molecule has 0 aliphatic carbocycles. The number of anilines is 1. The first-order chi connectivity index (χ1) is 8.77. The monoisotopic (exact) mass is 277 g/mol. The van der Waals surface area contributed by atoms with Gasteiger partial charge in [0.1, 0.15) is 5.56 Å². The molecule has 19 heavy (non-hydrogen) atoms. The van der Waals surface area contributed by atoms with Crippen LogP contribution in [0.2, 0.25) is 0 Å². The molecule has 2 N–H and O–H groups in total. The Kier molecular flexibility index (Phi) is 4.63. The Morgan fingerprint density at radius 1 is 1.42 bits per heavy atom. The van der Waals surface area contributed by atoms with E-state index in [-0.39, 0.29) is 23.6 Å². The van der Waals surface area contributed by atoms with Crippen molar-refractivity contribution < 1.29 is 27.4 Å². The molecule has 0 saturated heterocycles. The topological polar surface area (TPSA) is 61.5 Å². The van der Waals surface area contributed by atoms with Gasteiger partial charge in [-0.05, 0) is 26.0 Å². The molecule has 0 aliphatic rings. The van der Waals surface area contributed by atoms with Gasteiger partial charge in [-0.25, -0.2) is 4.79 Å². The number of hydrogen-bond donors (Lipinski definition) is 1. The van der Waals surface area contributed by atoms with Crippen LogP contribution in [0.5, 0.6) is 5.75 Å². The minimum Gasteiger partial charge on any atom is -0.478 e. The Hall–Kier alpha value is -1.92. The highest BCUT2D eigenvalue weighted by Gasteiger charge is 2.39. The van der Waals surface area contributed by atoms with Gasteiger partial charge in [0.15, 0.2) is 11.9 Å². The van der Waals surface area contributed by atoms with Crippen molar-refractivity contribution in [2.24, 2.45) is 0 Å². The summed E-state index contributed by atoms with van der Waals surface area (Å²) in [5.74, 6) is -1.09. The molecule has 4 nitrogen and oxygen atoms in total. The molecule has 7 heteroatoms. The van der Waals surface area contributed by atoms with Crippen LogP contribution in [-0.4, -0.2) is 24.9 Å². The van der Waals surface area contributed by atoms with Crippen LogP contribution >= 0.6 is 0 Å². The van der Waals surface area contributed by atoms with Crippen molar-refractivity contribution in [3.05, 3.63) is 23.8 Å². The number of carbonyl (C=O) groups excluding carboxylic acids is 1. The van der Waals surface area contributed by atoms with Gasteiger partial charge in [-0.3, -0.25) is 0 Å². The predicted octanol–water partition coefficient (Wildman–Crippen LogP) is 2.78. The molecule has 0 bridgehead atoms. The summed E-state index contributed by atoms with van der Waals surface area (Å²) in [5.41, 5.74) is 5.37. The van der Waals surface area contributed by atoms with E-state index in [9.17, 15) is 18.0 Å². The van der Waals surface area contributed by atoms with Crippen LogP contribution in [0, 0.1) is 0 Å². The van der Waals surface area contributed by atoms with Crippen LogP contribution in [0.1, 0.15) is 24.2 Å². The fraction of sp³-hybridized carbons (Fsp3) is 0.417. The van der Waals surface area contributed by atoms with Crippen molar-refractivity contribution >= 4 is 11.7 Å². The molecule has 0 aromatic heterocycles. The lowest BCUT2D eigenvalue weighted by atomic mass is 10.1. The normalized spacial score (nSPS) is 12.9. The molecule has 1 aromatic carbocycles. The van der Waals surface area contributed by atoms with E-state index in [4.69, 9.17) is 15.2 Å². The van der Waals surface area contributed by atoms with E-state index in [2.05, 4.69) is 0 Å². The second-order valence-electron chi connectivity index (χ2n) is 3.75. The van der Waals surface area contributed by atoms with Crippen molar-refractivity contribution in [1.82, 2.24) is 0 Å². The second-order valence-corrected chi connectivity index (χ2v) is 3.75. The van der Waals surface area contributed by atoms with Gasteiger partial charge >= 0.3 is 12.1 Å². The smallest absolute Gasteiger partial charge is 0.425 e. The molecule has 1 atom stereocenters. The number of nitrogens with two attached hydrogens (primary N) is 1. The molecule has 0 aliphatic heterocycles. The van der Waals surface area contributed by atoms with Crippen molar-refractivity contribution in [3.63, 3.8) is 0 Å². The molecule has 1 unspecified atom stereocenters. The van der Waals surface area contributed by atoms with Crippen LogP contribution < -0.4 is 10.5 Å². The maximum absolute atomic E-state index is 12.5. The molecule has 0 amide bonds. The highest BCUT2D eigenvalue weighted by molar-refractivity contribution is 5.94. The highest BCUT2D eigenvalue weighted by Crippen LogP contribution is 2.32. The van der Waals surface area contributed by atoms with Crippen LogP contribution in [0.4, 0.5) is 18.9 Å². The lowest BCUT2D eigenvalue weighted by molar-refractivity contribution is -0.189. The maximum Gasteiger partial charge on any atom is 0.425 e. The second kappa shape index (κ2) is 5.81. The van der Waals surface area contributed by atoms with Crippen molar-refractivity contribution in [1.29, 1.82) is 0 Å². The van der Waals surface area contributed by atoms with Gasteiger partial charge in [0.2, 0.25) is 0 Å². The zero-order valence-corrected chi connectivity index (χ0v) is 10.5. The van der Waals surface area contributed by atoms with Crippen LogP contribution in [0.3, 0.4) is 0 Å². The van der Waals surface area contributed by atoms with Gasteiger partial charge in [0.25, 0.3) is 0 Å². The molecular weight excluding hydrogens is 263 g/mol. The molecule has 0 radical (unpaired) electrons. The largest absolute Gasteiger partial charge is 0.478 e. The summed E-state index contributed by atoms with van der Waals surface area (Å²) in [6, 6.07) is 4.08. The van der Waals surface area contributed by atoms with Crippen molar-refractivity contribution in [3.8, 4) is 5.75 Å². The minimum absolute atomic E-state index is 0.0540. The highest BCUT2D eigenvalue weighted by atomic mass is 19.4. The van der Waals surface area contributed by atoms with Gasteiger partial charge in [-0.2, -0.15) is 13.2 Å². The Balaban J connectivity index is 3.08. The van der Waals surface area contributed by atoms with Crippen LogP contribution in [0.25, 0.3) is 0 Å². The Morgan fingerprint density at radius 2 is 2.05 bits per heavy atom. The number of carbonyl (C=O) groups is 1. The number of halogens is 3. The summed E-state index contributed by atoms with van der Waals surface area (Å²) in [7, 11) is 0. The fourth-order valence-electron chi connectivity index (χ4n) is 1.30. The number of nitrogen functional groups attached to an aromatic ring is 1. The molecule has 0 saturated carbocycles. The molecule has 0 fully saturated rings. The number of hydrogen-bond acceptors (Lipinski definition) is 4. The molecule has 106 valence electrons. The molecular formula is C12H14F3NO3. The first kappa shape index (κ1) is 15.1. The van der Waals surface area contributed by atoms with E-state index < -0.39 is 18.2 Å². The molecule has 0 heterocycles. The Bertz CT molecular complexity index is 460. The first-order valence-electron chi connectivity index (χ1n) is 5.56. The summed E-state index contributed by atoms with van der Waals surface area (Å²) >= 11 is 0.